The van der Waals surface area contributed by atoms with E-state index < -0.39 is 0 Å². The molecule has 0 fully saturated rings. The molecule has 0 aliphatic rings. The first kappa shape index (κ1) is 22.4. The third kappa shape index (κ3) is 6.34. The van der Waals surface area contributed by atoms with Crippen LogP contribution in [0.3, 0.4) is 0 Å². The fourth-order valence-corrected chi connectivity index (χ4v) is 3.42. The van der Waals surface area contributed by atoms with Gasteiger partial charge in [0.1, 0.15) is 12.0 Å². The molecule has 0 spiro atoms. The van der Waals surface area contributed by atoms with Gasteiger partial charge in [-0.25, -0.2) is 9.98 Å². The number of halogens is 1. The average Bonchev–Trinajstić information content (AvgIpc) is 3.36. The average molecular weight is 510 g/mol. The zero-order valence-corrected chi connectivity index (χ0v) is 19.6. The van der Waals surface area contributed by atoms with Crippen molar-refractivity contribution in [2.75, 3.05) is 13.1 Å². The van der Waals surface area contributed by atoms with E-state index in [1.807, 2.05) is 12.1 Å². The van der Waals surface area contributed by atoms with Gasteiger partial charge in [0.25, 0.3) is 0 Å². The van der Waals surface area contributed by atoms with Gasteiger partial charge in [0.2, 0.25) is 5.89 Å². The Hall–Kier alpha value is -1.87. The van der Waals surface area contributed by atoms with E-state index in [1.54, 1.807) is 17.6 Å². The summed E-state index contributed by atoms with van der Waals surface area (Å²) in [6.07, 6.45) is 1.68. The van der Waals surface area contributed by atoms with E-state index in [4.69, 9.17) is 4.42 Å². The third-order valence-electron chi connectivity index (χ3n) is 4.28. The number of hydrogen-bond donors (Lipinski definition) is 2. The van der Waals surface area contributed by atoms with E-state index in [9.17, 15) is 0 Å². The van der Waals surface area contributed by atoms with Gasteiger partial charge < -0.3 is 15.1 Å². The molecule has 2 aromatic heterocycles. The van der Waals surface area contributed by atoms with Crippen molar-refractivity contribution in [1.82, 2.24) is 15.6 Å². The van der Waals surface area contributed by atoms with Crippen LogP contribution in [0.2, 0.25) is 0 Å². The minimum absolute atomic E-state index is 0. The molecule has 0 bridgehead atoms. The lowest BCUT2D eigenvalue weighted by Gasteiger charge is -2.15. The Morgan fingerprint density at radius 3 is 2.68 bits per heavy atom. The van der Waals surface area contributed by atoms with Crippen LogP contribution in [0.25, 0.3) is 11.5 Å². The van der Waals surface area contributed by atoms with Crippen molar-refractivity contribution in [3.8, 4) is 11.5 Å². The zero-order valence-electron chi connectivity index (χ0n) is 16.4. The van der Waals surface area contributed by atoms with Crippen LogP contribution < -0.4 is 10.6 Å². The summed E-state index contributed by atoms with van der Waals surface area (Å²) >= 11 is 1.73. The number of nitrogens with zero attached hydrogens (tertiary/aromatic N) is 2. The summed E-state index contributed by atoms with van der Waals surface area (Å²) in [5, 5.41) is 11.0. The number of aliphatic imine (C=N–C) groups is 1. The van der Waals surface area contributed by atoms with Crippen LogP contribution >= 0.6 is 35.3 Å². The highest BCUT2D eigenvalue weighted by atomic mass is 127. The van der Waals surface area contributed by atoms with Crippen molar-refractivity contribution in [3.05, 3.63) is 64.2 Å². The van der Waals surface area contributed by atoms with Gasteiger partial charge in [-0.3, -0.25) is 0 Å². The van der Waals surface area contributed by atoms with Crippen molar-refractivity contribution in [2.24, 2.45) is 4.99 Å². The molecule has 5 nitrogen and oxygen atoms in total. The largest absolute Gasteiger partial charge is 0.444 e. The number of oxazole rings is 1. The van der Waals surface area contributed by atoms with Crippen molar-refractivity contribution in [1.29, 1.82) is 0 Å². The lowest BCUT2D eigenvalue weighted by molar-refractivity contribution is 0.572. The van der Waals surface area contributed by atoms with Crippen LogP contribution in [0.1, 0.15) is 36.6 Å². The van der Waals surface area contributed by atoms with Crippen LogP contribution in [0.5, 0.6) is 0 Å². The smallest absolute Gasteiger partial charge is 0.226 e. The fraction of sp³-hybridized carbons (Fsp3) is 0.333. The molecule has 7 heteroatoms. The van der Waals surface area contributed by atoms with Crippen LogP contribution in [-0.2, 0) is 6.54 Å². The molecule has 2 N–H and O–H groups in total. The molecule has 3 aromatic rings. The summed E-state index contributed by atoms with van der Waals surface area (Å²) in [7, 11) is 0. The first-order valence-electron chi connectivity index (χ1n) is 9.21. The molecular weight excluding hydrogens is 483 g/mol. The summed E-state index contributed by atoms with van der Waals surface area (Å²) in [5.41, 5.74) is 4.36. The maximum Gasteiger partial charge on any atom is 0.226 e. The summed E-state index contributed by atoms with van der Waals surface area (Å²) in [6.45, 7) is 8.45. The van der Waals surface area contributed by atoms with Gasteiger partial charge in [0.15, 0.2) is 5.96 Å². The molecule has 1 aromatic carbocycles. The van der Waals surface area contributed by atoms with E-state index in [0.29, 0.717) is 18.4 Å². The normalized spacial score (nSPS) is 12.3. The molecule has 1 unspecified atom stereocenters. The highest BCUT2D eigenvalue weighted by molar-refractivity contribution is 14.0. The summed E-state index contributed by atoms with van der Waals surface area (Å²) < 4.78 is 5.61. The van der Waals surface area contributed by atoms with Crippen molar-refractivity contribution < 1.29 is 4.42 Å². The molecule has 3 rings (SSSR count). The predicted molar refractivity (Wildman–Crippen MR) is 128 cm³/mol. The Bertz CT molecular complexity index is 859. The second kappa shape index (κ2) is 11.2. The number of benzene rings is 1. The van der Waals surface area contributed by atoms with Crippen molar-refractivity contribution in [3.63, 3.8) is 0 Å². The highest BCUT2D eigenvalue weighted by Gasteiger charge is 2.09. The molecule has 0 aliphatic carbocycles. The van der Waals surface area contributed by atoms with E-state index in [0.717, 1.165) is 30.3 Å². The Morgan fingerprint density at radius 1 is 1.21 bits per heavy atom. The molecule has 1 atom stereocenters. The molecule has 0 radical (unpaired) electrons. The zero-order chi connectivity index (χ0) is 19.1. The standard InChI is InChI=1S/C21H26N4OS.HI/c1-4-22-21(23-11-16(3)18-9-10-27-14-18)24-12-19-13-26-20(25-19)17-7-5-15(2)6-8-17;/h5-10,13-14,16H,4,11-12H2,1-3H3,(H2,22,23,24);1H. The van der Waals surface area contributed by atoms with Gasteiger partial charge in [0, 0.05) is 18.7 Å². The molecule has 0 saturated heterocycles. The number of rotatable bonds is 7. The minimum Gasteiger partial charge on any atom is -0.444 e. The third-order valence-corrected chi connectivity index (χ3v) is 4.98. The van der Waals surface area contributed by atoms with Gasteiger partial charge in [-0.05, 0) is 54.3 Å². The van der Waals surface area contributed by atoms with Crippen molar-refractivity contribution >= 4 is 41.3 Å². The maximum absolute atomic E-state index is 5.61. The summed E-state index contributed by atoms with van der Waals surface area (Å²) in [4.78, 5) is 9.18. The summed E-state index contributed by atoms with van der Waals surface area (Å²) in [6, 6.07) is 10.3. The predicted octanol–water partition coefficient (Wildman–Crippen LogP) is 5.19. The van der Waals surface area contributed by atoms with Crippen LogP contribution in [0.4, 0.5) is 0 Å². The molecule has 0 amide bonds. The Kier molecular flexibility index (Phi) is 8.98. The molecule has 0 saturated carbocycles. The maximum atomic E-state index is 5.61. The molecule has 0 aliphatic heterocycles. The van der Waals surface area contributed by atoms with E-state index in [1.165, 1.54) is 11.1 Å². The monoisotopic (exact) mass is 510 g/mol. The van der Waals surface area contributed by atoms with E-state index in [2.05, 4.69) is 70.3 Å². The first-order valence-corrected chi connectivity index (χ1v) is 10.2. The molecule has 2 heterocycles. The SMILES string of the molecule is CCNC(=NCc1coc(-c2ccc(C)cc2)n1)NCC(C)c1ccsc1.I. The van der Waals surface area contributed by atoms with Crippen LogP contribution in [-0.4, -0.2) is 24.0 Å². The Labute approximate surface area is 187 Å². The highest BCUT2D eigenvalue weighted by Crippen LogP contribution is 2.19. The molecule has 28 heavy (non-hydrogen) atoms. The number of nitrogens with one attached hydrogen (secondary N) is 2. The second-order valence-corrected chi connectivity index (χ2v) is 7.32. The van der Waals surface area contributed by atoms with Gasteiger partial charge in [0.05, 0.1) is 6.54 Å². The number of hydrogen-bond acceptors (Lipinski definition) is 4. The summed E-state index contributed by atoms with van der Waals surface area (Å²) in [5.74, 6) is 1.85. The number of guanidine groups is 1. The van der Waals surface area contributed by atoms with Crippen molar-refractivity contribution in [2.45, 2.75) is 33.2 Å². The van der Waals surface area contributed by atoms with Gasteiger partial charge in [-0.1, -0.05) is 24.6 Å². The topological polar surface area (TPSA) is 62.5 Å². The lowest BCUT2D eigenvalue weighted by atomic mass is 10.1. The second-order valence-electron chi connectivity index (χ2n) is 6.54. The van der Waals surface area contributed by atoms with Crippen LogP contribution in [0.15, 0.2) is 56.8 Å². The lowest BCUT2D eigenvalue weighted by Crippen LogP contribution is -2.39. The first-order chi connectivity index (χ1) is 13.2. The molecular formula is C21H27IN4OS. The fourth-order valence-electron chi connectivity index (χ4n) is 2.63. The van der Waals surface area contributed by atoms with Gasteiger partial charge in [-0.15, -0.1) is 24.0 Å². The minimum atomic E-state index is 0. The Balaban J connectivity index is 0.00000280. The van der Waals surface area contributed by atoms with E-state index >= 15 is 0 Å². The number of thiophene rings is 1. The number of aromatic nitrogens is 1. The Morgan fingerprint density at radius 2 is 2.00 bits per heavy atom. The van der Waals surface area contributed by atoms with Crippen LogP contribution in [0, 0.1) is 6.92 Å². The van der Waals surface area contributed by atoms with Gasteiger partial charge in [-0.2, -0.15) is 11.3 Å². The number of aryl methyl sites for hydroxylation is 1. The quantitative estimate of drug-likeness (QED) is 0.261. The molecule has 150 valence electrons. The van der Waals surface area contributed by atoms with Gasteiger partial charge >= 0.3 is 0 Å². The van der Waals surface area contributed by atoms with E-state index in [-0.39, 0.29) is 24.0 Å².